The van der Waals surface area contributed by atoms with E-state index in [1.54, 1.807) is 6.92 Å². The summed E-state index contributed by atoms with van der Waals surface area (Å²) in [6, 6.07) is 8.14. The molecular weight excluding hydrogens is 210 g/mol. The SMILES string of the molecule is Cc1cc(O)ccc1-c1c(F)cccc1F. The molecule has 0 bridgehead atoms. The fourth-order valence-electron chi connectivity index (χ4n) is 1.68. The molecule has 0 spiro atoms. The molecule has 1 N–H and O–H groups in total. The van der Waals surface area contributed by atoms with Gasteiger partial charge in [-0.05, 0) is 42.3 Å². The summed E-state index contributed by atoms with van der Waals surface area (Å²) in [5.74, 6) is -1.12. The van der Waals surface area contributed by atoms with Crippen molar-refractivity contribution in [3.05, 3.63) is 53.6 Å². The number of phenolic OH excluding ortho intramolecular Hbond substituents is 1. The van der Waals surface area contributed by atoms with E-state index in [2.05, 4.69) is 0 Å². The Kier molecular flexibility index (Phi) is 2.60. The van der Waals surface area contributed by atoms with Crippen molar-refractivity contribution in [2.24, 2.45) is 0 Å². The first-order chi connectivity index (χ1) is 7.59. The van der Waals surface area contributed by atoms with Gasteiger partial charge in [0.25, 0.3) is 0 Å². The zero-order valence-electron chi connectivity index (χ0n) is 8.67. The Balaban J connectivity index is 2.68. The molecule has 0 aromatic heterocycles. The maximum atomic E-state index is 13.5. The van der Waals surface area contributed by atoms with Crippen molar-refractivity contribution >= 4 is 0 Å². The molecule has 0 heterocycles. The van der Waals surface area contributed by atoms with Gasteiger partial charge in [-0.15, -0.1) is 0 Å². The molecule has 0 unspecified atom stereocenters. The molecule has 0 amide bonds. The average molecular weight is 220 g/mol. The van der Waals surface area contributed by atoms with Crippen molar-refractivity contribution in [2.45, 2.75) is 6.92 Å². The third kappa shape index (κ3) is 1.76. The van der Waals surface area contributed by atoms with E-state index in [9.17, 15) is 13.9 Å². The Morgan fingerprint density at radius 2 is 1.62 bits per heavy atom. The summed E-state index contributed by atoms with van der Waals surface area (Å²) in [4.78, 5) is 0. The zero-order chi connectivity index (χ0) is 11.7. The first-order valence-electron chi connectivity index (χ1n) is 4.83. The van der Waals surface area contributed by atoms with Gasteiger partial charge in [0, 0.05) is 0 Å². The van der Waals surface area contributed by atoms with Gasteiger partial charge in [-0.1, -0.05) is 12.1 Å². The van der Waals surface area contributed by atoms with Gasteiger partial charge in [-0.25, -0.2) is 8.78 Å². The lowest BCUT2D eigenvalue weighted by atomic mass is 9.99. The topological polar surface area (TPSA) is 20.2 Å². The Hall–Kier alpha value is -1.90. The Labute approximate surface area is 92.0 Å². The molecule has 2 rings (SSSR count). The first kappa shape index (κ1) is 10.6. The van der Waals surface area contributed by atoms with E-state index in [-0.39, 0.29) is 11.3 Å². The molecule has 0 atom stereocenters. The van der Waals surface area contributed by atoms with Gasteiger partial charge in [-0.2, -0.15) is 0 Å². The Bertz CT molecular complexity index is 515. The van der Waals surface area contributed by atoms with Crippen molar-refractivity contribution < 1.29 is 13.9 Å². The van der Waals surface area contributed by atoms with Crippen LogP contribution in [0, 0.1) is 18.6 Å². The second-order valence-electron chi connectivity index (χ2n) is 3.60. The molecule has 82 valence electrons. The second-order valence-corrected chi connectivity index (χ2v) is 3.60. The lowest BCUT2D eigenvalue weighted by Gasteiger charge is -2.08. The molecular formula is C13H10F2O. The molecule has 1 nitrogen and oxygen atoms in total. The van der Waals surface area contributed by atoms with Crippen LogP contribution in [0.15, 0.2) is 36.4 Å². The van der Waals surface area contributed by atoms with Gasteiger partial charge >= 0.3 is 0 Å². The van der Waals surface area contributed by atoms with E-state index in [0.717, 1.165) is 0 Å². The molecule has 0 aliphatic heterocycles. The Morgan fingerprint density at radius 3 is 2.19 bits per heavy atom. The number of aryl methyl sites for hydroxylation is 1. The highest BCUT2D eigenvalue weighted by atomic mass is 19.1. The smallest absolute Gasteiger partial charge is 0.133 e. The van der Waals surface area contributed by atoms with Gasteiger partial charge in [0.05, 0.1) is 5.56 Å². The zero-order valence-corrected chi connectivity index (χ0v) is 8.67. The molecule has 16 heavy (non-hydrogen) atoms. The predicted molar refractivity (Wildman–Crippen MR) is 58.2 cm³/mol. The van der Waals surface area contributed by atoms with Crippen molar-refractivity contribution in [1.29, 1.82) is 0 Å². The largest absolute Gasteiger partial charge is 0.508 e. The number of hydrogen-bond acceptors (Lipinski definition) is 1. The fourth-order valence-corrected chi connectivity index (χ4v) is 1.68. The predicted octanol–water partition coefficient (Wildman–Crippen LogP) is 3.65. The van der Waals surface area contributed by atoms with E-state index < -0.39 is 11.6 Å². The van der Waals surface area contributed by atoms with Crippen LogP contribution in [0.1, 0.15) is 5.56 Å². The summed E-state index contributed by atoms with van der Waals surface area (Å²) in [6.45, 7) is 1.70. The quantitative estimate of drug-likeness (QED) is 0.777. The van der Waals surface area contributed by atoms with Crippen molar-refractivity contribution in [2.75, 3.05) is 0 Å². The van der Waals surface area contributed by atoms with Crippen LogP contribution in [0.25, 0.3) is 11.1 Å². The highest BCUT2D eigenvalue weighted by molar-refractivity contribution is 5.69. The lowest BCUT2D eigenvalue weighted by molar-refractivity contribution is 0.475. The monoisotopic (exact) mass is 220 g/mol. The third-order valence-corrected chi connectivity index (χ3v) is 2.44. The highest BCUT2D eigenvalue weighted by Crippen LogP contribution is 2.30. The summed E-state index contributed by atoms with van der Waals surface area (Å²) >= 11 is 0. The van der Waals surface area contributed by atoms with Crippen LogP contribution in [0.4, 0.5) is 8.78 Å². The highest BCUT2D eigenvalue weighted by Gasteiger charge is 2.12. The number of benzene rings is 2. The van der Waals surface area contributed by atoms with Gasteiger partial charge in [0.15, 0.2) is 0 Å². The molecule has 0 saturated carbocycles. The summed E-state index contributed by atoms with van der Waals surface area (Å²) in [7, 11) is 0. The Morgan fingerprint density at radius 1 is 1.00 bits per heavy atom. The molecule has 0 aliphatic rings. The summed E-state index contributed by atoms with van der Waals surface area (Å²) < 4.78 is 27.0. The van der Waals surface area contributed by atoms with Crippen LogP contribution in [0.3, 0.4) is 0 Å². The van der Waals surface area contributed by atoms with Gasteiger partial charge in [-0.3, -0.25) is 0 Å². The molecule has 0 fully saturated rings. The van der Waals surface area contributed by atoms with E-state index in [1.165, 1.54) is 36.4 Å². The van der Waals surface area contributed by atoms with Crippen molar-refractivity contribution in [3.63, 3.8) is 0 Å². The molecule has 0 radical (unpaired) electrons. The van der Waals surface area contributed by atoms with E-state index in [1.807, 2.05) is 0 Å². The summed E-state index contributed by atoms with van der Waals surface area (Å²) in [5.41, 5.74) is 1.03. The van der Waals surface area contributed by atoms with E-state index in [0.29, 0.717) is 11.1 Å². The first-order valence-corrected chi connectivity index (χ1v) is 4.83. The second kappa shape index (κ2) is 3.93. The molecule has 2 aromatic rings. The maximum absolute atomic E-state index is 13.5. The van der Waals surface area contributed by atoms with Crippen molar-refractivity contribution in [1.82, 2.24) is 0 Å². The number of halogens is 2. The van der Waals surface area contributed by atoms with E-state index >= 15 is 0 Å². The van der Waals surface area contributed by atoms with Crippen LogP contribution >= 0.6 is 0 Å². The van der Waals surface area contributed by atoms with Crippen LogP contribution in [0.2, 0.25) is 0 Å². The molecule has 2 aromatic carbocycles. The minimum Gasteiger partial charge on any atom is -0.508 e. The normalized spacial score (nSPS) is 10.4. The maximum Gasteiger partial charge on any atom is 0.133 e. The van der Waals surface area contributed by atoms with Crippen LogP contribution in [0.5, 0.6) is 5.75 Å². The molecule has 3 heteroatoms. The van der Waals surface area contributed by atoms with Crippen LogP contribution in [-0.2, 0) is 0 Å². The summed E-state index contributed by atoms with van der Waals surface area (Å²) in [6.07, 6.45) is 0. The molecule has 0 saturated heterocycles. The van der Waals surface area contributed by atoms with Gasteiger partial charge in [0.2, 0.25) is 0 Å². The van der Waals surface area contributed by atoms with E-state index in [4.69, 9.17) is 0 Å². The fraction of sp³-hybridized carbons (Fsp3) is 0.0769. The molecule has 0 aliphatic carbocycles. The van der Waals surface area contributed by atoms with Crippen LogP contribution in [-0.4, -0.2) is 5.11 Å². The number of hydrogen-bond donors (Lipinski definition) is 1. The van der Waals surface area contributed by atoms with Crippen molar-refractivity contribution in [3.8, 4) is 16.9 Å². The number of phenols is 1. The number of rotatable bonds is 1. The van der Waals surface area contributed by atoms with Gasteiger partial charge < -0.3 is 5.11 Å². The lowest BCUT2D eigenvalue weighted by Crippen LogP contribution is -1.91. The standard InChI is InChI=1S/C13H10F2O/c1-8-7-9(16)5-6-10(8)13-11(14)3-2-4-12(13)15/h2-7,16H,1H3. The summed E-state index contributed by atoms with van der Waals surface area (Å²) in [5, 5.41) is 9.24. The third-order valence-electron chi connectivity index (χ3n) is 2.44. The van der Waals surface area contributed by atoms with Gasteiger partial charge in [0.1, 0.15) is 17.4 Å². The number of aromatic hydroxyl groups is 1. The van der Waals surface area contributed by atoms with Crippen LogP contribution < -0.4 is 0 Å². The average Bonchev–Trinajstić information content (AvgIpc) is 2.20. The minimum absolute atomic E-state index is 0.0556. The minimum atomic E-state index is -0.603.